The highest BCUT2D eigenvalue weighted by atomic mass is 79.9. The number of aromatic amines is 1. The SMILES string of the molecule is Cc1nc2nc(SCC(=O)N3CCc4ccccc43)[nH]c2cc1Br. The van der Waals surface area contributed by atoms with Crippen LogP contribution in [0.1, 0.15) is 11.3 Å². The molecule has 1 N–H and O–H groups in total. The van der Waals surface area contributed by atoms with Gasteiger partial charge in [0.2, 0.25) is 5.91 Å². The van der Waals surface area contributed by atoms with Crippen molar-refractivity contribution in [2.24, 2.45) is 0 Å². The smallest absolute Gasteiger partial charge is 0.237 e. The predicted octanol–water partition coefficient (Wildman–Crippen LogP) is 3.71. The average molecular weight is 403 g/mol. The van der Waals surface area contributed by atoms with E-state index in [-0.39, 0.29) is 5.91 Å². The van der Waals surface area contributed by atoms with E-state index in [2.05, 4.69) is 36.9 Å². The van der Waals surface area contributed by atoms with E-state index in [4.69, 9.17) is 0 Å². The summed E-state index contributed by atoms with van der Waals surface area (Å²) in [6.45, 7) is 2.69. The maximum Gasteiger partial charge on any atom is 0.237 e. The van der Waals surface area contributed by atoms with Crippen LogP contribution < -0.4 is 4.90 Å². The minimum Gasteiger partial charge on any atom is -0.331 e. The number of halogens is 1. The topological polar surface area (TPSA) is 61.9 Å². The highest BCUT2D eigenvalue weighted by Gasteiger charge is 2.24. The molecule has 0 atom stereocenters. The first kappa shape index (κ1) is 15.7. The molecule has 24 heavy (non-hydrogen) atoms. The van der Waals surface area contributed by atoms with E-state index in [1.807, 2.05) is 36.1 Å². The highest BCUT2D eigenvalue weighted by molar-refractivity contribution is 9.10. The Morgan fingerprint density at radius 3 is 3.08 bits per heavy atom. The molecule has 0 bridgehead atoms. The van der Waals surface area contributed by atoms with Gasteiger partial charge in [0.15, 0.2) is 10.8 Å². The number of nitrogens with zero attached hydrogens (tertiary/aromatic N) is 3. The first-order valence-electron chi connectivity index (χ1n) is 7.66. The molecular weight excluding hydrogens is 388 g/mol. The van der Waals surface area contributed by atoms with Crippen molar-refractivity contribution in [1.82, 2.24) is 15.0 Å². The normalized spacial score (nSPS) is 13.5. The lowest BCUT2D eigenvalue weighted by Crippen LogP contribution is -2.30. The zero-order valence-corrected chi connectivity index (χ0v) is 15.4. The molecule has 1 aromatic carbocycles. The third kappa shape index (κ3) is 2.82. The molecule has 0 unspecified atom stereocenters. The number of H-pyrrole nitrogens is 1. The van der Waals surface area contributed by atoms with Crippen molar-refractivity contribution in [2.75, 3.05) is 17.2 Å². The lowest BCUT2D eigenvalue weighted by atomic mass is 10.2. The Bertz CT molecular complexity index is 900. The molecular formula is C17H15BrN4OS. The Balaban J connectivity index is 1.48. The Morgan fingerprint density at radius 1 is 1.38 bits per heavy atom. The number of anilines is 1. The van der Waals surface area contributed by atoms with E-state index < -0.39 is 0 Å². The third-order valence-corrected chi connectivity index (χ3v) is 5.76. The number of aryl methyl sites for hydroxylation is 1. The van der Waals surface area contributed by atoms with E-state index in [0.717, 1.165) is 39.5 Å². The molecule has 3 aromatic rings. The minimum absolute atomic E-state index is 0.107. The molecule has 0 fully saturated rings. The fourth-order valence-electron chi connectivity index (χ4n) is 2.86. The molecule has 122 valence electrons. The van der Waals surface area contributed by atoms with Crippen LogP contribution in [0.2, 0.25) is 0 Å². The van der Waals surface area contributed by atoms with Crippen LogP contribution in [0.5, 0.6) is 0 Å². The third-order valence-electron chi connectivity index (χ3n) is 4.10. The van der Waals surface area contributed by atoms with Gasteiger partial charge in [-0.2, -0.15) is 0 Å². The Labute approximate surface area is 152 Å². The number of hydrogen-bond donors (Lipinski definition) is 1. The number of nitrogens with one attached hydrogen (secondary N) is 1. The number of thioether (sulfide) groups is 1. The number of benzene rings is 1. The first-order valence-corrected chi connectivity index (χ1v) is 9.43. The average Bonchev–Trinajstić information content (AvgIpc) is 3.17. The van der Waals surface area contributed by atoms with Crippen LogP contribution in [-0.2, 0) is 11.2 Å². The van der Waals surface area contributed by atoms with Gasteiger partial charge in [-0.05, 0) is 47.0 Å². The summed E-state index contributed by atoms with van der Waals surface area (Å²) in [7, 11) is 0. The van der Waals surface area contributed by atoms with Crippen molar-refractivity contribution >= 4 is 50.5 Å². The van der Waals surface area contributed by atoms with Gasteiger partial charge < -0.3 is 9.88 Å². The number of aromatic nitrogens is 3. The second-order valence-electron chi connectivity index (χ2n) is 5.68. The van der Waals surface area contributed by atoms with Crippen LogP contribution >= 0.6 is 27.7 Å². The standard InChI is InChI=1S/C17H15BrN4OS/c1-10-12(18)8-13-16(19-10)21-17(20-13)24-9-15(23)22-7-6-11-4-2-3-5-14(11)22/h2-5,8H,6-7,9H2,1H3,(H,19,20,21). The number of hydrogen-bond acceptors (Lipinski definition) is 4. The van der Waals surface area contributed by atoms with Crippen molar-refractivity contribution in [2.45, 2.75) is 18.5 Å². The number of imidazole rings is 1. The molecule has 1 amide bonds. The van der Waals surface area contributed by atoms with Gasteiger partial charge in [0, 0.05) is 16.7 Å². The van der Waals surface area contributed by atoms with Crippen molar-refractivity contribution in [3.05, 3.63) is 46.1 Å². The summed E-state index contributed by atoms with van der Waals surface area (Å²) in [6.07, 6.45) is 0.925. The molecule has 0 radical (unpaired) electrons. The summed E-state index contributed by atoms with van der Waals surface area (Å²) < 4.78 is 0.944. The minimum atomic E-state index is 0.107. The zero-order valence-electron chi connectivity index (χ0n) is 13.0. The summed E-state index contributed by atoms with van der Waals surface area (Å²) in [5, 5.41) is 0.718. The fourth-order valence-corrected chi connectivity index (χ4v) is 3.93. The number of pyridine rings is 1. The number of carbonyl (C=O) groups excluding carboxylic acids is 1. The van der Waals surface area contributed by atoms with Crippen LogP contribution in [0.3, 0.4) is 0 Å². The van der Waals surface area contributed by atoms with E-state index in [1.165, 1.54) is 17.3 Å². The van der Waals surface area contributed by atoms with E-state index in [1.54, 1.807) is 0 Å². The van der Waals surface area contributed by atoms with E-state index in [9.17, 15) is 4.79 Å². The van der Waals surface area contributed by atoms with Gasteiger partial charge in [-0.15, -0.1) is 0 Å². The number of rotatable bonds is 3. The summed E-state index contributed by atoms with van der Waals surface area (Å²) >= 11 is 4.88. The second-order valence-corrected chi connectivity index (χ2v) is 7.50. The molecule has 5 nitrogen and oxygen atoms in total. The maximum absolute atomic E-state index is 12.5. The van der Waals surface area contributed by atoms with Crippen LogP contribution in [0.4, 0.5) is 5.69 Å². The largest absolute Gasteiger partial charge is 0.331 e. The van der Waals surface area contributed by atoms with Gasteiger partial charge in [0.1, 0.15) is 0 Å². The maximum atomic E-state index is 12.5. The summed E-state index contributed by atoms with van der Waals surface area (Å²) in [6, 6.07) is 10.1. The van der Waals surface area contributed by atoms with Gasteiger partial charge in [-0.3, -0.25) is 4.79 Å². The van der Waals surface area contributed by atoms with Gasteiger partial charge in [0.05, 0.1) is 17.0 Å². The van der Waals surface area contributed by atoms with Gasteiger partial charge in [0.25, 0.3) is 0 Å². The van der Waals surface area contributed by atoms with Crippen LogP contribution in [-0.4, -0.2) is 33.2 Å². The monoisotopic (exact) mass is 402 g/mol. The summed E-state index contributed by atoms with van der Waals surface area (Å²) in [5.74, 6) is 0.463. The van der Waals surface area contributed by atoms with Crippen molar-refractivity contribution in [3.63, 3.8) is 0 Å². The highest BCUT2D eigenvalue weighted by Crippen LogP contribution is 2.29. The number of fused-ring (bicyclic) bond motifs is 2. The molecule has 2 aromatic heterocycles. The van der Waals surface area contributed by atoms with Crippen molar-refractivity contribution in [3.8, 4) is 0 Å². The Morgan fingerprint density at radius 2 is 2.21 bits per heavy atom. The second kappa shape index (κ2) is 6.22. The Hall–Kier alpha value is -1.86. The molecule has 1 aliphatic heterocycles. The fraction of sp³-hybridized carbons (Fsp3) is 0.235. The molecule has 7 heteroatoms. The molecule has 3 heterocycles. The molecule has 4 rings (SSSR count). The summed E-state index contributed by atoms with van der Waals surface area (Å²) in [5.41, 5.74) is 4.72. The lowest BCUT2D eigenvalue weighted by molar-refractivity contribution is -0.116. The Kier molecular flexibility index (Phi) is 4.05. The van der Waals surface area contributed by atoms with Crippen LogP contribution in [0.25, 0.3) is 11.2 Å². The molecule has 0 saturated heterocycles. The molecule has 0 saturated carbocycles. The van der Waals surface area contributed by atoms with Crippen LogP contribution in [0.15, 0.2) is 40.0 Å². The van der Waals surface area contributed by atoms with Gasteiger partial charge >= 0.3 is 0 Å². The lowest BCUT2D eigenvalue weighted by Gasteiger charge is -2.16. The summed E-state index contributed by atoms with van der Waals surface area (Å²) in [4.78, 5) is 26.5. The molecule has 1 aliphatic rings. The number of carbonyl (C=O) groups is 1. The van der Waals surface area contributed by atoms with Crippen molar-refractivity contribution < 1.29 is 4.79 Å². The van der Waals surface area contributed by atoms with Gasteiger partial charge in [-0.25, -0.2) is 9.97 Å². The van der Waals surface area contributed by atoms with E-state index in [0.29, 0.717) is 11.4 Å². The molecule has 0 spiro atoms. The number of para-hydroxylation sites is 1. The molecule has 0 aliphatic carbocycles. The van der Waals surface area contributed by atoms with Gasteiger partial charge in [-0.1, -0.05) is 30.0 Å². The first-order chi connectivity index (χ1) is 11.6. The quantitative estimate of drug-likeness (QED) is 0.678. The predicted molar refractivity (Wildman–Crippen MR) is 99.5 cm³/mol. The zero-order chi connectivity index (χ0) is 16.7. The van der Waals surface area contributed by atoms with E-state index >= 15 is 0 Å². The van der Waals surface area contributed by atoms with Crippen molar-refractivity contribution in [1.29, 1.82) is 0 Å². The van der Waals surface area contributed by atoms with Crippen LogP contribution in [0, 0.1) is 6.92 Å². The number of amides is 1.